The molecule has 6 nitrogen and oxygen atoms in total. The number of nitrogens with two attached hydrogens (primary N) is 1. The summed E-state index contributed by atoms with van der Waals surface area (Å²) in [6, 6.07) is 0. The van der Waals surface area contributed by atoms with Crippen molar-refractivity contribution in [3.8, 4) is 0 Å². The molecule has 0 aromatic carbocycles. The van der Waals surface area contributed by atoms with E-state index >= 15 is 0 Å². The highest BCUT2D eigenvalue weighted by molar-refractivity contribution is 7.90. The molecule has 1 amide bonds. The Bertz CT molecular complexity index is 275. The topological polar surface area (TPSA) is 109 Å². The molecule has 4 N–H and O–H groups in total. The lowest BCUT2D eigenvalue weighted by molar-refractivity contribution is -0.125. The van der Waals surface area contributed by atoms with Crippen molar-refractivity contribution in [2.24, 2.45) is 5.73 Å². The van der Waals surface area contributed by atoms with Gasteiger partial charge in [-0.15, -0.1) is 0 Å². The average Bonchev–Trinajstić information content (AvgIpc) is 2.01. The molecule has 0 saturated heterocycles. The van der Waals surface area contributed by atoms with Gasteiger partial charge in [0, 0.05) is 12.8 Å². The molecule has 1 atom stereocenters. The first-order chi connectivity index (χ1) is 6.33. The Kier molecular flexibility index (Phi) is 5.66. The largest absolute Gasteiger partial charge is 0.382 e. The highest BCUT2D eigenvalue weighted by atomic mass is 32.2. The molecule has 0 bridgehead atoms. The first-order valence-electron chi connectivity index (χ1n) is 4.19. The fourth-order valence-corrected chi connectivity index (χ4v) is 1.47. The Morgan fingerprint density at radius 3 is 2.57 bits per heavy atom. The standard InChI is InChI=1S/C7H16N2O4S/c1-14(12,13)4-2-3-9-5-6(10)7(8)11/h6,9-10H,2-5H2,1H3,(H2,8,11). The number of aliphatic hydroxyl groups is 1. The second-order valence-electron chi connectivity index (χ2n) is 3.11. The number of hydrogen-bond acceptors (Lipinski definition) is 5. The number of amides is 1. The molecule has 0 aromatic heterocycles. The number of primary amides is 1. The van der Waals surface area contributed by atoms with E-state index in [1.54, 1.807) is 0 Å². The summed E-state index contributed by atoms with van der Waals surface area (Å²) < 4.78 is 21.4. The normalized spacial score (nSPS) is 13.9. The number of sulfone groups is 1. The Hall–Kier alpha value is -0.660. The third-order valence-corrected chi connectivity index (χ3v) is 2.57. The minimum atomic E-state index is -2.94. The maximum Gasteiger partial charge on any atom is 0.247 e. The second-order valence-corrected chi connectivity index (χ2v) is 5.37. The van der Waals surface area contributed by atoms with Gasteiger partial charge in [0.1, 0.15) is 15.9 Å². The molecule has 0 saturated carbocycles. The highest BCUT2D eigenvalue weighted by Gasteiger charge is 2.09. The molecule has 0 aliphatic rings. The fraction of sp³-hybridized carbons (Fsp3) is 0.857. The molecule has 0 heterocycles. The SMILES string of the molecule is CS(=O)(=O)CCCNCC(O)C(N)=O. The van der Waals surface area contributed by atoms with Gasteiger partial charge in [0.25, 0.3) is 0 Å². The summed E-state index contributed by atoms with van der Waals surface area (Å²) >= 11 is 0. The van der Waals surface area contributed by atoms with Crippen molar-refractivity contribution in [2.45, 2.75) is 12.5 Å². The Labute approximate surface area is 83.4 Å². The lowest BCUT2D eigenvalue weighted by Crippen LogP contribution is -2.38. The molecule has 0 rings (SSSR count). The van der Waals surface area contributed by atoms with Crippen LogP contribution in [0, 0.1) is 0 Å². The maximum atomic E-state index is 10.7. The van der Waals surface area contributed by atoms with E-state index in [2.05, 4.69) is 5.32 Å². The highest BCUT2D eigenvalue weighted by Crippen LogP contribution is 1.87. The summed E-state index contributed by atoms with van der Waals surface area (Å²) in [5.74, 6) is -0.701. The summed E-state index contributed by atoms with van der Waals surface area (Å²) in [6.07, 6.45) is 0.392. The van der Waals surface area contributed by atoms with Gasteiger partial charge in [0.15, 0.2) is 0 Å². The molecule has 7 heteroatoms. The van der Waals surface area contributed by atoms with Crippen molar-refractivity contribution in [1.82, 2.24) is 5.32 Å². The van der Waals surface area contributed by atoms with Gasteiger partial charge in [0.05, 0.1) is 5.75 Å². The van der Waals surface area contributed by atoms with Crippen LogP contribution in [0.25, 0.3) is 0 Å². The van der Waals surface area contributed by atoms with Crippen LogP contribution in [0.2, 0.25) is 0 Å². The number of carbonyl (C=O) groups excluding carboxylic acids is 1. The van der Waals surface area contributed by atoms with E-state index in [1.165, 1.54) is 0 Å². The molecule has 0 spiro atoms. The van der Waals surface area contributed by atoms with Crippen LogP contribution >= 0.6 is 0 Å². The third-order valence-electron chi connectivity index (χ3n) is 1.53. The number of rotatable bonds is 7. The van der Waals surface area contributed by atoms with E-state index in [-0.39, 0.29) is 12.3 Å². The smallest absolute Gasteiger partial charge is 0.247 e. The van der Waals surface area contributed by atoms with Crippen LogP contribution in [0.4, 0.5) is 0 Å². The minimum Gasteiger partial charge on any atom is -0.382 e. The monoisotopic (exact) mass is 224 g/mol. The van der Waals surface area contributed by atoms with E-state index in [0.29, 0.717) is 13.0 Å². The van der Waals surface area contributed by atoms with Crippen molar-refractivity contribution >= 4 is 15.7 Å². The summed E-state index contributed by atoms with van der Waals surface area (Å²) in [5, 5.41) is 11.7. The van der Waals surface area contributed by atoms with Gasteiger partial charge in [-0.3, -0.25) is 4.79 Å². The first-order valence-corrected chi connectivity index (χ1v) is 6.25. The van der Waals surface area contributed by atoms with E-state index < -0.39 is 21.8 Å². The van der Waals surface area contributed by atoms with Crippen LogP contribution in [0.3, 0.4) is 0 Å². The zero-order valence-corrected chi connectivity index (χ0v) is 8.88. The molecule has 0 aliphatic heterocycles. The lowest BCUT2D eigenvalue weighted by Gasteiger charge is -2.07. The Morgan fingerprint density at radius 1 is 1.57 bits per heavy atom. The summed E-state index contributed by atoms with van der Waals surface area (Å²) in [6.45, 7) is 0.483. The van der Waals surface area contributed by atoms with E-state index in [4.69, 9.17) is 10.8 Å². The predicted molar refractivity (Wildman–Crippen MR) is 52.4 cm³/mol. The van der Waals surface area contributed by atoms with Gasteiger partial charge < -0.3 is 16.2 Å². The Morgan fingerprint density at radius 2 is 2.14 bits per heavy atom. The van der Waals surface area contributed by atoms with Crippen LogP contribution in [0.15, 0.2) is 0 Å². The van der Waals surface area contributed by atoms with Crippen molar-refractivity contribution in [3.63, 3.8) is 0 Å². The fourth-order valence-electron chi connectivity index (χ4n) is 0.799. The van der Waals surface area contributed by atoms with Gasteiger partial charge in [-0.25, -0.2) is 8.42 Å². The molecule has 0 aromatic rings. The van der Waals surface area contributed by atoms with E-state index in [1.807, 2.05) is 0 Å². The zero-order chi connectivity index (χ0) is 11.2. The molecular weight excluding hydrogens is 208 g/mol. The number of hydrogen-bond donors (Lipinski definition) is 3. The van der Waals surface area contributed by atoms with Crippen LogP contribution in [-0.2, 0) is 14.6 Å². The summed E-state index contributed by atoms with van der Waals surface area (Å²) in [7, 11) is -2.94. The van der Waals surface area contributed by atoms with Crippen LogP contribution in [0.5, 0.6) is 0 Å². The Balaban J connectivity index is 3.44. The average molecular weight is 224 g/mol. The number of nitrogens with one attached hydrogen (secondary N) is 1. The lowest BCUT2D eigenvalue weighted by atomic mass is 10.3. The van der Waals surface area contributed by atoms with Crippen molar-refractivity contribution in [2.75, 3.05) is 25.1 Å². The predicted octanol–water partition coefficient (Wildman–Crippen LogP) is -2.14. The van der Waals surface area contributed by atoms with Gasteiger partial charge in [-0.2, -0.15) is 0 Å². The zero-order valence-electron chi connectivity index (χ0n) is 8.06. The second kappa shape index (κ2) is 5.94. The summed E-state index contributed by atoms with van der Waals surface area (Å²) in [5.41, 5.74) is 4.80. The van der Waals surface area contributed by atoms with Gasteiger partial charge in [-0.1, -0.05) is 0 Å². The van der Waals surface area contributed by atoms with Gasteiger partial charge >= 0.3 is 0 Å². The van der Waals surface area contributed by atoms with Crippen molar-refractivity contribution < 1.29 is 18.3 Å². The molecule has 0 radical (unpaired) electrons. The molecule has 1 unspecified atom stereocenters. The van der Waals surface area contributed by atoms with Crippen LogP contribution < -0.4 is 11.1 Å². The quantitative estimate of drug-likeness (QED) is 0.427. The third kappa shape index (κ3) is 7.96. The molecule has 0 aliphatic carbocycles. The van der Waals surface area contributed by atoms with Crippen molar-refractivity contribution in [3.05, 3.63) is 0 Å². The first kappa shape index (κ1) is 13.3. The molecular formula is C7H16N2O4S. The molecule has 14 heavy (non-hydrogen) atoms. The molecule has 84 valence electrons. The van der Waals surface area contributed by atoms with Crippen LogP contribution in [0.1, 0.15) is 6.42 Å². The van der Waals surface area contributed by atoms with Crippen LogP contribution in [-0.4, -0.2) is 50.6 Å². The van der Waals surface area contributed by atoms with Gasteiger partial charge in [0.2, 0.25) is 5.91 Å². The minimum absolute atomic E-state index is 0.0547. The van der Waals surface area contributed by atoms with E-state index in [9.17, 15) is 13.2 Å². The van der Waals surface area contributed by atoms with E-state index in [0.717, 1.165) is 6.26 Å². The molecule has 0 fully saturated rings. The van der Waals surface area contributed by atoms with Gasteiger partial charge in [-0.05, 0) is 13.0 Å². The summed E-state index contributed by atoms with van der Waals surface area (Å²) in [4.78, 5) is 10.4. The maximum absolute atomic E-state index is 10.7. The van der Waals surface area contributed by atoms with Crippen molar-refractivity contribution in [1.29, 1.82) is 0 Å². The number of carbonyl (C=O) groups is 1. The number of aliphatic hydroxyl groups excluding tert-OH is 1.